The van der Waals surface area contributed by atoms with Crippen LogP contribution in [0, 0.1) is 6.92 Å². The molecule has 7 nitrogen and oxygen atoms in total. The van der Waals surface area contributed by atoms with E-state index < -0.39 is 6.04 Å². The quantitative estimate of drug-likeness (QED) is 0.483. The molecule has 3 amide bonds. The van der Waals surface area contributed by atoms with Crippen molar-refractivity contribution in [1.82, 2.24) is 10.6 Å². The number of anilines is 1. The molecule has 1 aromatic rings. The number of hydrogen-bond acceptors (Lipinski definition) is 3. The minimum atomic E-state index is -0.590. The summed E-state index contributed by atoms with van der Waals surface area (Å²) in [5.74, 6) is -0.632. The Hall–Kier alpha value is -2.41. The van der Waals surface area contributed by atoms with Gasteiger partial charge >= 0.3 is 0 Å². The van der Waals surface area contributed by atoms with E-state index in [1.54, 1.807) is 14.0 Å². The summed E-state index contributed by atoms with van der Waals surface area (Å²) in [6.07, 6.45) is 0.843. The largest absolute Gasteiger partial charge is 0.354 e. The Morgan fingerprint density at radius 3 is 2.28 bits per heavy atom. The minimum Gasteiger partial charge on any atom is -0.354 e. The molecule has 0 aliphatic heterocycles. The number of quaternary nitrogens is 1. The number of benzene rings is 1. The average molecular weight is 349 g/mol. The number of aryl methyl sites for hydroxylation is 1. The van der Waals surface area contributed by atoms with Gasteiger partial charge in [-0.2, -0.15) is 0 Å². The lowest BCUT2D eigenvalue weighted by molar-refractivity contribution is -0.862. The van der Waals surface area contributed by atoms with Crippen LogP contribution in [0.15, 0.2) is 24.3 Å². The second-order valence-corrected chi connectivity index (χ2v) is 6.31. The normalized spacial score (nSPS) is 12.8. The topological polar surface area (TPSA) is 91.7 Å². The zero-order valence-corrected chi connectivity index (χ0v) is 15.4. The number of amides is 3. The molecule has 0 bridgehead atoms. The summed E-state index contributed by atoms with van der Waals surface area (Å²) in [6, 6.07) is 6.93. The van der Waals surface area contributed by atoms with Gasteiger partial charge in [0.15, 0.2) is 13.1 Å². The second-order valence-electron chi connectivity index (χ2n) is 6.31. The zero-order chi connectivity index (χ0) is 18.8. The molecule has 1 aromatic carbocycles. The van der Waals surface area contributed by atoms with E-state index in [2.05, 4.69) is 16.0 Å². The average Bonchev–Trinajstić information content (AvgIpc) is 2.54. The molecular weight excluding hydrogens is 320 g/mol. The van der Waals surface area contributed by atoms with Gasteiger partial charge in [0.25, 0.3) is 11.8 Å². The SMILES string of the molecule is CCCNC(=O)[C@H](C)NC(=O)C[NH+](C)CC(=O)Nc1ccc(C)cc1. The first-order valence-corrected chi connectivity index (χ1v) is 8.56. The van der Waals surface area contributed by atoms with Crippen molar-refractivity contribution >= 4 is 23.4 Å². The van der Waals surface area contributed by atoms with E-state index in [1.165, 1.54) is 0 Å². The molecule has 0 fully saturated rings. The summed E-state index contributed by atoms with van der Waals surface area (Å²) in [4.78, 5) is 36.5. The van der Waals surface area contributed by atoms with E-state index in [9.17, 15) is 14.4 Å². The third-order valence-electron chi connectivity index (χ3n) is 3.58. The third kappa shape index (κ3) is 8.30. The second kappa shape index (κ2) is 10.5. The first kappa shape index (κ1) is 20.6. The van der Waals surface area contributed by atoms with Crippen molar-refractivity contribution in [3.05, 3.63) is 29.8 Å². The molecule has 0 saturated heterocycles. The minimum absolute atomic E-state index is 0.118. The van der Waals surface area contributed by atoms with Crippen LogP contribution in [0.1, 0.15) is 25.8 Å². The molecule has 0 heterocycles. The van der Waals surface area contributed by atoms with Crippen molar-refractivity contribution in [3.8, 4) is 0 Å². The highest BCUT2D eigenvalue weighted by atomic mass is 16.2. The van der Waals surface area contributed by atoms with Gasteiger partial charge < -0.3 is 20.9 Å². The molecule has 2 atom stereocenters. The Labute approximate surface area is 149 Å². The van der Waals surface area contributed by atoms with E-state index in [0.717, 1.165) is 22.6 Å². The number of rotatable bonds is 9. The van der Waals surface area contributed by atoms with Crippen molar-refractivity contribution in [3.63, 3.8) is 0 Å². The van der Waals surface area contributed by atoms with Crippen molar-refractivity contribution in [2.75, 3.05) is 32.0 Å². The molecular formula is C18H29N4O3+. The van der Waals surface area contributed by atoms with Gasteiger partial charge in [0.1, 0.15) is 6.04 Å². The molecule has 0 aliphatic carbocycles. The lowest BCUT2D eigenvalue weighted by Gasteiger charge is -2.16. The number of nitrogens with one attached hydrogen (secondary N) is 4. The maximum atomic E-state index is 12.0. The number of likely N-dealkylation sites (N-methyl/N-ethyl adjacent to an activating group) is 1. The van der Waals surface area contributed by atoms with E-state index in [-0.39, 0.29) is 30.8 Å². The molecule has 0 radical (unpaired) electrons. The fraction of sp³-hybridized carbons (Fsp3) is 0.500. The monoisotopic (exact) mass is 349 g/mol. The molecule has 4 N–H and O–H groups in total. The predicted molar refractivity (Wildman–Crippen MR) is 97.3 cm³/mol. The maximum Gasteiger partial charge on any atom is 0.279 e. The van der Waals surface area contributed by atoms with Gasteiger partial charge in [-0.15, -0.1) is 0 Å². The Morgan fingerprint density at radius 2 is 1.68 bits per heavy atom. The molecule has 0 spiro atoms. The van der Waals surface area contributed by atoms with Crippen LogP contribution in [0.25, 0.3) is 0 Å². The van der Waals surface area contributed by atoms with Gasteiger partial charge in [-0.1, -0.05) is 24.6 Å². The van der Waals surface area contributed by atoms with E-state index in [0.29, 0.717) is 6.54 Å². The fourth-order valence-electron chi connectivity index (χ4n) is 2.21. The van der Waals surface area contributed by atoms with Gasteiger partial charge in [0.05, 0.1) is 7.05 Å². The zero-order valence-electron chi connectivity index (χ0n) is 15.4. The van der Waals surface area contributed by atoms with Gasteiger partial charge in [0.2, 0.25) is 5.91 Å². The fourth-order valence-corrected chi connectivity index (χ4v) is 2.21. The van der Waals surface area contributed by atoms with E-state index >= 15 is 0 Å². The number of hydrogen-bond donors (Lipinski definition) is 4. The van der Waals surface area contributed by atoms with Gasteiger partial charge in [-0.05, 0) is 32.4 Å². The Morgan fingerprint density at radius 1 is 1.08 bits per heavy atom. The van der Waals surface area contributed by atoms with Crippen molar-refractivity contribution in [2.45, 2.75) is 33.2 Å². The molecule has 138 valence electrons. The summed E-state index contributed by atoms with van der Waals surface area (Å²) < 4.78 is 0. The van der Waals surface area contributed by atoms with Crippen molar-refractivity contribution in [1.29, 1.82) is 0 Å². The maximum absolute atomic E-state index is 12.0. The van der Waals surface area contributed by atoms with Crippen LogP contribution in [0.4, 0.5) is 5.69 Å². The van der Waals surface area contributed by atoms with Crippen LogP contribution in [-0.2, 0) is 14.4 Å². The van der Waals surface area contributed by atoms with E-state index in [1.807, 2.05) is 38.1 Å². The first-order valence-electron chi connectivity index (χ1n) is 8.56. The summed E-state index contributed by atoms with van der Waals surface area (Å²) in [6.45, 7) is 6.45. The van der Waals surface area contributed by atoms with Gasteiger partial charge in [-0.25, -0.2) is 0 Å². The Kier molecular flexibility index (Phi) is 8.63. The summed E-state index contributed by atoms with van der Waals surface area (Å²) in [7, 11) is 1.76. The molecule has 1 rings (SSSR count). The summed E-state index contributed by atoms with van der Waals surface area (Å²) in [5, 5.41) is 8.17. The van der Waals surface area contributed by atoms with Gasteiger partial charge in [-0.3, -0.25) is 14.4 Å². The van der Waals surface area contributed by atoms with Crippen LogP contribution in [0.5, 0.6) is 0 Å². The molecule has 0 aliphatic rings. The Balaban J connectivity index is 2.35. The third-order valence-corrected chi connectivity index (χ3v) is 3.58. The van der Waals surface area contributed by atoms with Crippen LogP contribution in [-0.4, -0.2) is 50.4 Å². The van der Waals surface area contributed by atoms with Crippen LogP contribution < -0.4 is 20.9 Å². The van der Waals surface area contributed by atoms with Crippen LogP contribution >= 0.6 is 0 Å². The lowest BCUT2D eigenvalue weighted by atomic mass is 10.2. The summed E-state index contributed by atoms with van der Waals surface area (Å²) in [5.41, 5.74) is 1.85. The number of carbonyl (C=O) groups excluding carboxylic acids is 3. The van der Waals surface area contributed by atoms with Crippen LogP contribution in [0.3, 0.4) is 0 Å². The molecule has 0 saturated carbocycles. The first-order chi connectivity index (χ1) is 11.8. The summed E-state index contributed by atoms with van der Waals surface area (Å²) >= 11 is 0. The standard InChI is InChI=1S/C18H28N4O3/c1-5-10-19-18(25)14(3)20-16(23)11-22(4)12-17(24)21-15-8-6-13(2)7-9-15/h6-9,14H,5,10-12H2,1-4H3,(H,19,25)(H,20,23)(H,21,24)/p+1/t14-/m0/s1. The highest BCUT2D eigenvalue weighted by Gasteiger charge is 2.19. The molecule has 7 heteroatoms. The highest BCUT2D eigenvalue weighted by molar-refractivity contribution is 5.91. The highest BCUT2D eigenvalue weighted by Crippen LogP contribution is 2.07. The smallest absolute Gasteiger partial charge is 0.279 e. The molecule has 0 aromatic heterocycles. The molecule has 25 heavy (non-hydrogen) atoms. The van der Waals surface area contributed by atoms with Gasteiger partial charge in [0, 0.05) is 12.2 Å². The number of carbonyl (C=O) groups is 3. The van der Waals surface area contributed by atoms with E-state index in [4.69, 9.17) is 0 Å². The lowest BCUT2D eigenvalue weighted by Crippen LogP contribution is -3.11. The van der Waals surface area contributed by atoms with Crippen molar-refractivity contribution in [2.24, 2.45) is 0 Å². The van der Waals surface area contributed by atoms with Crippen LogP contribution in [0.2, 0.25) is 0 Å². The predicted octanol–water partition coefficient (Wildman–Crippen LogP) is -0.521. The van der Waals surface area contributed by atoms with Crippen molar-refractivity contribution < 1.29 is 19.3 Å². The molecule has 1 unspecified atom stereocenters. The Bertz CT molecular complexity index is 586.